The molecule has 1 amide bonds. The fourth-order valence-electron chi connectivity index (χ4n) is 4.12. The van der Waals surface area contributed by atoms with Crippen molar-refractivity contribution in [2.24, 2.45) is 0 Å². The van der Waals surface area contributed by atoms with Gasteiger partial charge in [0.1, 0.15) is 24.4 Å². The largest absolute Gasteiger partial charge is 0.463 e. The van der Waals surface area contributed by atoms with Crippen molar-refractivity contribution in [1.82, 2.24) is 0 Å². The highest BCUT2D eigenvalue weighted by molar-refractivity contribution is 8.03. The van der Waals surface area contributed by atoms with Crippen molar-refractivity contribution in [3.05, 3.63) is 71.3 Å². The van der Waals surface area contributed by atoms with Gasteiger partial charge in [0.25, 0.3) is 5.91 Å². The number of thioether (sulfide) groups is 1. The quantitative estimate of drug-likeness (QED) is 0.161. The molecular formula is C30H31N3O10S. The minimum Gasteiger partial charge on any atom is -0.463 e. The van der Waals surface area contributed by atoms with Crippen LogP contribution in [0.3, 0.4) is 0 Å². The number of nitriles is 1. The number of ether oxygens (including phenoxy) is 5. The van der Waals surface area contributed by atoms with Crippen LogP contribution in [0, 0.1) is 11.3 Å². The normalized spacial score (nSPS) is 21.4. The van der Waals surface area contributed by atoms with Gasteiger partial charge in [-0.2, -0.15) is 5.26 Å². The third-order valence-corrected chi connectivity index (χ3v) is 6.96. The van der Waals surface area contributed by atoms with E-state index in [0.29, 0.717) is 11.4 Å². The zero-order valence-corrected chi connectivity index (χ0v) is 25.1. The number of benzene rings is 2. The lowest BCUT2D eigenvalue weighted by Crippen LogP contribution is -2.61. The van der Waals surface area contributed by atoms with E-state index < -0.39 is 66.2 Å². The van der Waals surface area contributed by atoms with E-state index in [-0.39, 0.29) is 10.6 Å². The molecule has 0 bridgehead atoms. The Hall–Kier alpha value is -4.87. The number of anilines is 2. The van der Waals surface area contributed by atoms with Gasteiger partial charge in [0.05, 0.1) is 5.03 Å². The molecule has 0 spiro atoms. The van der Waals surface area contributed by atoms with E-state index >= 15 is 0 Å². The summed E-state index contributed by atoms with van der Waals surface area (Å²) in [6.07, 6.45) is -5.40. The van der Waals surface area contributed by atoms with E-state index in [4.69, 9.17) is 23.7 Å². The van der Waals surface area contributed by atoms with Crippen molar-refractivity contribution in [2.75, 3.05) is 17.2 Å². The number of hydrogen-bond acceptors (Lipinski definition) is 13. The number of amides is 1. The van der Waals surface area contributed by atoms with Crippen LogP contribution in [0.5, 0.6) is 0 Å². The lowest BCUT2D eigenvalue weighted by molar-refractivity contribution is -0.237. The first-order chi connectivity index (χ1) is 21.0. The molecule has 0 saturated carbocycles. The van der Waals surface area contributed by atoms with Crippen molar-refractivity contribution < 1.29 is 47.7 Å². The van der Waals surface area contributed by atoms with Crippen molar-refractivity contribution in [2.45, 2.75) is 57.5 Å². The minimum absolute atomic E-state index is 0.00645. The molecule has 0 unspecified atom stereocenters. The Kier molecular flexibility index (Phi) is 12.3. The second-order valence-corrected chi connectivity index (χ2v) is 10.4. The Bertz CT molecular complexity index is 1430. The number of esters is 4. The highest BCUT2D eigenvalue weighted by Gasteiger charge is 2.53. The van der Waals surface area contributed by atoms with Gasteiger partial charge in [-0.15, -0.1) is 0 Å². The molecule has 232 valence electrons. The Morgan fingerprint density at radius 2 is 1.25 bits per heavy atom. The Labute approximate surface area is 257 Å². The fraction of sp³-hybridized carbons (Fsp3) is 0.333. The van der Waals surface area contributed by atoms with E-state index in [1.807, 2.05) is 6.07 Å². The van der Waals surface area contributed by atoms with Crippen LogP contribution in [0.4, 0.5) is 11.4 Å². The molecule has 1 heterocycles. The SMILES string of the molecule is CC(=O)OC[C@H]1O[C@@H](S/C(Nc2ccccc2)=C(\C#N)C(=O)Nc2ccccc2)[C@H](OC(C)=O)[C@@H](OC(C)=O)[C@H]1OC(C)=O. The molecule has 0 aromatic heterocycles. The lowest BCUT2D eigenvalue weighted by Gasteiger charge is -2.44. The highest BCUT2D eigenvalue weighted by atomic mass is 32.2. The summed E-state index contributed by atoms with van der Waals surface area (Å²) in [7, 11) is 0. The van der Waals surface area contributed by atoms with Crippen molar-refractivity contribution in [3.8, 4) is 6.07 Å². The number of hydrogen-bond donors (Lipinski definition) is 2. The second-order valence-electron chi connectivity index (χ2n) is 9.31. The maximum Gasteiger partial charge on any atom is 0.303 e. The zero-order chi connectivity index (χ0) is 32.2. The van der Waals surface area contributed by atoms with E-state index in [1.54, 1.807) is 60.7 Å². The molecule has 1 aliphatic heterocycles. The maximum absolute atomic E-state index is 13.3. The topological polar surface area (TPSA) is 179 Å². The smallest absolute Gasteiger partial charge is 0.303 e. The number of nitrogens with one attached hydrogen (secondary N) is 2. The van der Waals surface area contributed by atoms with E-state index in [2.05, 4.69) is 10.6 Å². The van der Waals surface area contributed by atoms with E-state index in [9.17, 15) is 29.2 Å². The standard InChI is InChI=1S/C30H31N3O10S/c1-17(34)39-16-24-25(40-18(2)35)26(41-19(3)36)27(42-20(4)37)30(43-24)44-29(33-22-13-9-6-10-14-22)23(15-31)28(38)32-21-11-7-5-8-12-21/h5-14,24-27,30,33H,16H2,1-4H3,(H,32,38)/b29-23+/t24-,25+,26+,27-,30+/m1/s1. The third-order valence-electron chi connectivity index (χ3n) is 5.81. The van der Waals surface area contributed by atoms with Crippen LogP contribution in [-0.4, -0.2) is 66.2 Å². The van der Waals surface area contributed by atoms with Crippen LogP contribution in [0.2, 0.25) is 0 Å². The summed E-state index contributed by atoms with van der Waals surface area (Å²) in [5.41, 5.74) is -0.701. The summed E-state index contributed by atoms with van der Waals surface area (Å²) < 4.78 is 27.7. The molecule has 1 fully saturated rings. The molecular weight excluding hydrogens is 594 g/mol. The number of carbonyl (C=O) groups is 5. The van der Waals surface area contributed by atoms with Crippen LogP contribution >= 0.6 is 11.8 Å². The molecule has 2 aromatic rings. The van der Waals surface area contributed by atoms with Gasteiger partial charge < -0.3 is 34.3 Å². The number of para-hydroxylation sites is 2. The summed E-state index contributed by atoms with van der Waals surface area (Å²) in [6, 6.07) is 19.0. The van der Waals surface area contributed by atoms with Gasteiger partial charge >= 0.3 is 23.9 Å². The summed E-state index contributed by atoms with van der Waals surface area (Å²) in [4.78, 5) is 61.5. The molecule has 13 nitrogen and oxygen atoms in total. The van der Waals surface area contributed by atoms with Crippen LogP contribution in [0.1, 0.15) is 27.7 Å². The van der Waals surface area contributed by atoms with E-state index in [1.165, 1.54) is 0 Å². The Morgan fingerprint density at radius 3 is 1.75 bits per heavy atom. The van der Waals surface area contributed by atoms with Crippen molar-refractivity contribution in [1.29, 1.82) is 5.26 Å². The van der Waals surface area contributed by atoms with Crippen LogP contribution in [0.15, 0.2) is 71.3 Å². The first-order valence-corrected chi connectivity index (χ1v) is 14.2. The van der Waals surface area contributed by atoms with Crippen molar-refractivity contribution >= 4 is 52.9 Å². The minimum atomic E-state index is -1.42. The molecule has 0 aliphatic carbocycles. The van der Waals surface area contributed by atoms with Gasteiger partial charge in [-0.05, 0) is 24.3 Å². The third kappa shape index (κ3) is 9.85. The van der Waals surface area contributed by atoms with E-state index in [0.717, 1.165) is 39.5 Å². The number of carbonyl (C=O) groups excluding carboxylic acids is 5. The first-order valence-electron chi connectivity index (χ1n) is 13.3. The van der Waals surface area contributed by atoms with Gasteiger partial charge in [0.15, 0.2) is 23.7 Å². The summed E-state index contributed by atoms with van der Waals surface area (Å²) in [5.74, 6) is -3.77. The van der Waals surface area contributed by atoms with Gasteiger partial charge in [-0.1, -0.05) is 48.2 Å². The average molecular weight is 626 g/mol. The Balaban J connectivity index is 2.12. The number of nitrogens with zero attached hydrogens (tertiary/aromatic N) is 1. The molecule has 5 atom stereocenters. The molecule has 3 rings (SSSR count). The molecule has 14 heteroatoms. The summed E-state index contributed by atoms with van der Waals surface area (Å²) in [6.45, 7) is 4.07. The van der Waals surface area contributed by atoms with Gasteiger partial charge in [0.2, 0.25) is 0 Å². The predicted molar refractivity (Wildman–Crippen MR) is 157 cm³/mol. The fourth-order valence-corrected chi connectivity index (χ4v) is 5.33. The van der Waals surface area contributed by atoms with Gasteiger partial charge in [0, 0.05) is 39.1 Å². The first kappa shape index (κ1) is 33.6. The molecule has 1 aliphatic rings. The Morgan fingerprint density at radius 1 is 0.750 bits per heavy atom. The molecule has 2 aromatic carbocycles. The maximum atomic E-state index is 13.3. The highest BCUT2D eigenvalue weighted by Crippen LogP contribution is 2.38. The number of rotatable bonds is 11. The van der Waals surface area contributed by atoms with Gasteiger partial charge in [-0.25, -0.2) is 0 Å². The molecule has 2 N–H and O–H groups in total. The average Bonchev–Trinajstić information content (AvgIpc) is 2.95. The van der Waals surface area contributed by atoms with Crippen LogP contribution < -0.4 is 10.6 Å². The predicted octanol–water partition coefficient (Wildman–Crippen LogP) is 3.29. The monoisotopic (exact) mass is 625 g/mol. The molecule has 0 radical (unpaired) electrons. The van der Waals surface area contributed by atoms with Gasteiger partial charge in [-0.3, -0.25) is 24.0 Å². The molecule has 44 heavy (non-hydrogen) atoms. The summed E-state index contributed by atoms with van der Waals surface area (Å²) >= 11 is 0.785. The van der Waals surface area contributed by atoms with Crippen LogP contribution in [0.25, 0.3) is 0 Å². The molecule has 1 saturated heterocycles. The summed E-state index contributed by atoms with van der Waals surface area (Å²) in [5, 5.41) is 15.8. The van der Waals surface area contributed by atoms with Crippen molar-refractivity contribution in [3.63, 3.8) is 0 Å². The lowest BCUT2D eigenvalue weighted by atomic mass is 9.99. The van der Waals surface area contributed by atoms with Crippen LogP contribution in [-0.2, 0) is 47.7 Å². The zero-order valence-electron chi connectivity index (χ0n) is 24.3. The second kappa shape index (κ2) is 16.1.